The van der Waals surface area contributed by atoms with Gasteiger partial charge in [-0.05, 0) is 11.6 Å². The highest BCUT2D eigenvalue weighted by molar-refractivity contribution is 6.33. The molecule has 118 valence electrons. The fourth-order valence-electron chi connectivity index (χ4n) is 1.31. The smallest absolute Gasteiger partial charge is 0.224 e. The Bertz CT molecular complexity index is 620. The van der Waals surface area contributed by atoms with Gasteiger partial charge < -0.3 is 14.6 Å². The van der Waals surface area contributed by atoms with Crippen LogP contribution in [0.1, 0.15) is 16.2 Å². The Balaban J connectivity index is 0.000000224. The fraction of sp³-hybridized carbons (Fsp3) is 0.250. The van der Waals surface area contributed by atoms with E-state index in [1.807, 2.05) is 0 Å². The molecule has 0 aliphatic carbocycles. The fourth-order valence-corrected chi connectivity index (χ4v) is 1.79. The number of halogens is 2. The number of nitrogens with zero attached hydrogens (tertiary/aromatic N) is 4. The zero-order chi connectivity index (χ0) is 16.5. The zero-order valence-electron chi connectivity index (χ0n) is 11.7. The van der Waals surface area contributed by atoms with Gasteiger partial charge in [0.2, 0.25) is 5.28 Å². The predicted molar refractivity (Wildman–Crippen MR) is 78.5 cm³/mol. The second kappa shape index (κ2) is 9.08. The van der Waals surface area contributed by atoms with Crippen molar-refractivity contribution >= 4 is 29.5 Å². The van der Waals surface area contributed by atoms with E-state index in [9.17, 15) is 4.79 Å². The van der Waals surface area contributed by atoms with Crippen LogP contribution in [-0.2, 0) is 6.61 Å². The lowest BCUT2D eigenvalue weighted by molar-refractivity contribution is 0.111. The van der Waals surface area contributed by atoms with Crippen molar-refractivity contribution in [2.75, 3.05) is 14.2 Å². The van der Waals surface area contributed by atoms with Gasteiger partial charge in [-0.15, -0.1) is 0 Å². The molecule has 0 unspecified atom stereocenters. The highest BCUT2D eigenvalue weighted by Crippen LogP contribution is 2.25. The molecule has 0 amide bonds. The van der Waals surface area contributed by atoms with Crippen molar-refractivity contribution < 1.29 is 19.4 Å². The van der Waals surface area contributed by atoms with Crippen molar-refractivity contribution in [1.82, 2.24) is 19.9 Å². The molecule has 10 heteroatoms. The molecular formula is C12H12Cl2N4O4. The summed E-state index contributed by atoms with van der Waals surface area (Å²) in [6.45, 7) is -0.119. The molecule has 8 nitrogen and oxygen atoms in total. The van der Waals surface area contributed by atoms with E-state index in [0.29, 0.717) is 17.7 Å². The van der Waals surface area contributed by atoms with Gasteiger partial charge in [-0.25, -0.2) is 19.9 Å². The van der Waals surface area contributed by atoms with Crippen molar-refractivity contribution in [2.24, 2.45) is 0 Å². The second-order valence-electron chi connectivity index (χ2n) is 3.52. The Labute approximate surface area is 136 Å². The molecule has 2 aromatic rings. The second-order valence-corrected chi connectivity index (χ2v) is 4.21. The summed E-state index contributed by atoms with van der Waals surface area (Å²) in [6, 6.07) is 0. The van der Waals surface area contributed by atoms with Crippen molar-refractivity contribution in [1.29, 1.82) is 0 Å². The van der Waals surface area contributed by atoms with E-state index in [2.05, 4.69) is 19.9 Å². The first-order valence-corrected chi connectivity index (χ1v) is 6.48. The molecule has 0 bridgehead atoms. The van der Waals surface area contributed by atoms with Gasteiger partial charge in [0, 0.05) is 0 Å². The van der Waals surface area contributed by atoms with Crippen LogP contribution in [0.2, 0.25) is 10.4 Å². The molecule has 0 radical (unpaired) electrons. The molecule has 0 atom stereocenters. The predicted octanol–water partition coefficient (Wildman–Crippen LogP) is 1.58. The van der Waals surface area contributed by atoms with E-state index >= 15 is 0 Å². The van der Waals surface area contributed by atoms with Crippen molar-refractivity contribution in [3.05, 3.63) is 34.3 Å². The molecule has 1 N–H and O–H groups in total. The minimum absolute atomic E-state index is 0.0274. The Morgan fingerprint density at radius 2 is 2.00 bits per heavy atom. The van der Waals surface area contributed by atoms with Crippen LogP contribution in [0.3, 0.4) is 0 Å². The van der Waals surface area contributed by atoms with Gasteiger partial charge in [-0.1, -0.05) is 11.6 Å². The maximum atomic E-state index is 10.4. The highest BCUT2D eigenvalue weighted by Gasteiger charge is 2.11. The number of carbonyl (C=O) groups excluding carboxylic acids is 1. The third kappa shape index (κ3) is 4.76. The van der Waals surface area contributed by atoms with Gasteiger partial charge in [0.05, 0.1) is 27.0 Å². The standard InChI is InChI=1S/C6H4Cl2N2O2.C6H8N2O2/c1-12-4-3(2-11)9-6(8)10-5(4)7;1-10-6-2-7-4-8-5(6)3-9/h2H,1H3;2,4,9H,3H2,1H3. The Morgan fingerprint density at radius 3 is 2.50 bits per heavy atom. The lowest BCUT2D eigenvalue weighted by Gasteiger charge is -2.03. The number of carbonyl (C=O) groups is 1. The maximum Gasteiger partial charge on any atom is 0.224 e. The van der Waals surface area contributed by atoms with Gasteiger partial charge in [0.15, 0.2) is 28.6 Å². The molecule has 0 saturated carbocycles. The largest absolute Gasteiger partial charge is 0.493 e. The van der Waals surface area contributed by atoms with Gasteiger partial charge in [-0.2, -0.15) is 0 Å². The summed E-state index contributed by atoms with van der Waals surface area (Å²) in [7, 11) is 2.88. The number of rotatable bonds is 4. The molecule has 0 aliphatic rings. The topological polar surface area (TPSA) is 107 Å². The minimum atomic E-state index is -0.119. The van der Waals surface area contributed by atoms with Crippen LogP contribution in [0, 0.1) is 0 Å². The van der Waals surface area contributed by atoms with Gasteiger partial charge in [0.1, 0.15) is 12.0 Å². The van der Waals surface area contributed by atoms with Crippen LogP contribution < -0.4 is 9.47 Å². The SMILES string of the molecule is COc1c(Cl)nc(Cl)nc1C=O.COc1cncnc1CO. The molecule has 0 aliphatic heterocycles. The molecule has 0 fully saturated rings. The van der Waals surface area contributed by atoms with E-state index in [0.717, 1.165) is 0 Å². The van der Waals surface area contributed by atoms with E-state index in [4.69, 9.17) is 37.8 Å². The Morgan fingerprint density at radius 1 is 1.27 bits per heavy atom. The van der Waals surface area contributed by atoms with E-state index in [1.165, 1.54) is 26.7 Å². The zero-order valence-corrected chi connectivity index (χ0v) is 13.2. The summed E-state index contributed by atoms with van der Waals surface area (Å²) in [4.78, 5) is 25.1. The summed E-state index contributed by atoms with van der Waals surface area (Å²) in [6.07, 6.45) is 3.38. The van der Waals surface area contributed by atoms with Gasteiger partial charge in [-0.3, -0.25) is 4.79 Å². The van der Waals surface area contributed by atoms with Gasteiger partial charge in [0.25, 0.3) is 0 Å². The number of aliphatic hydroxyl groups excluding tert-OH is 1. The Kier molecular flexibility index (Phi) is 7.44. The minimum Gasteiger partial charge on any atom is -0.493 e. The van der Waals surface area contributed by atoms with E-state index in [-0.39, 0.29) is 28.5 Å². The number of ether oxygens (including phenoxy) is 2. The average molecular weight is 347 g/mol. The van der Waals surface area contributed by atoms with Crippen LogP contribution in [0.15, 0.2) is 12.5 Å². The summed E-state index contributed by atoms with van der Waals surface area (Å²) < 4.78 is 9.63. The molecule has 2 heterocycles. The lowest BCUT2D eigenvalue weighted by Crippen LogP contribution is -1.97. The van der Waals surface area contributed by atoms with Crippen LogP contribution in [0.25, 0.3) is 0 Å². The third-order valence-corrected chi connectivity index (χ3v) is 2.69. The number of hydrogen-bond acceptors (Lipinski definition) is 8. The molecule has 2 aromatic heterocycles. The van der Waals surface area contributed by atoms with Crippen molar-refractivity contribution in [3.8, 4) is 11.5 Å². The van der Waals surface area contributed by atoms with Gasteiger partial charge >= 0.3 is 0 Å². The van der Waals surface area contributed by atoms with E-state index < -0.39 is 0 Å². The first kappa shape index (κ1) is 18.0. The Hall–Kier alpha value is -2.03. The van der Waals surface area contributed by atoms with Crippen molar-refractivity contribution in [3.63, 3.8) is 0 Å². The number of hydrogen-bond donors (Lipinski definition) is 1. The summed E-state index contributed by atoms with van der Waals surface area (Å²) in [5.41, 5.74) is 0.556. The van der Waals surface area contributed by atoms with Crippen LogP contribution in [-0.4, -0.2) is 45.5 Å². The highest BCUT2D eigenvalue weighted by atomic mass is 35.5. The molecule has 22 heavy (non-hydrogen) atoms. The molecule has 0 saturated heterocycles. The summed E-state index contributed by atoms with van der Waals surface area (Å²) >= 11 is 11.0. The molecule has 0 spiro atoms. The van der Waals surface area contributed by atoms with Crippen LogP contribution in [0.5, 0.6) is 11.5 Å². The number of methoxy groups -OCH3 is 2. The molecule has 0 aromatic carbocycles. The summed E-state index contributed by atoms with van der Waals surface area (Å²) in [5, 5.41) is 8.63. The molecular weight excluding hydrogens is 335 g/mol. The number of aromatic nitrogens is 4. The first-order valence-electron chi connectivity index (χ1n) is 5.73. The quantitative estimate of drug-likeness (QED) is 0.505. The average Bonchev–Trinajstić information content (AvgIpc) is 2.54. The normalized spacial score (nSPS) is 9.50. The summed E-state index contributed by atoms with van der Waals surface area (Å²) in [5.74, 6) is 0.654. The van der Waals surface area contributed by atoms with Crippen LogP contribution in [0.4, 0.5) is 0 Å². The number of aldehydes is 1. The van der Waals surface area contributed by atoms with E-state index in [1.54, 1.807) is 0 Å². The van der Waals surface area contributed by atoms with Crippen LogP contribution >= 0.6 is 23.2 Å². The lowest BCUT2D eigenvalue weighted by atomic mass is 10.4. The molecule has 2 rings (SSSR count). The third-order valence-electron chi connectivity index (χ3n) is 2.27. The first-order chi connectivity index (χ1) is 10.6. The monoisotopic (exact) mass is 346 g/mol. The number of aliphatic hydroxyl groups is 1. The maximum absolute atomic E-state index is 10.4. The van der Waals surface area contributed by atoms with Crippen molar-refractivity contribution in [2.45, 2.75) is 6.61 Å².